The summed E-state index contributed by atoms with van der Waals surface area (Å²) in [6.07, 6.45) is 0.648. The lowest BCUT2D eigenvalue weighted by Gasteiger charge is -2.10. The number of hydrazone groups is 1. The molecule has 0 saturated carbocycles. The van der Waals surface area contributed by atoms with Crippen molar-refractivity contribution in [2.75, 3.05) is 0 Å². The van der Waals surface area contributed by atoms with Crippen molar-refractivity contribution in [3.8, 4) is 0 Å². The van der Waals surface area contributed by atoms with E-state index in [4.69, 9.17) is 0 Å². The molecule has 2 aromatic carbocycles. The Kier molecular flexibility index (Phi) is 3.16. The molecule has 0 radical (unpaired) electrons. The Morgan fingerprint density at radius 2 is 1.80 bits per heavy atom. The van der Waals surface area contributed by atoms with E-state index in [2.05, 4.69) is 10.5 Å². The van der Waals surface area contributed by atoms with E-state index in [0.29, 0.717) is 12.0 Å². The number of nitrogens with zero attached hydrogens (tertiary/aromatic N) is 2. The Hall–Kier alpha value is -2.69. The maximum Gasteiger partial charge on any atom is 0.274 e. The molecule has 0 saturated heterocycles. The van der Waals surface area contributed by atoms with Gasteiger partial charge in [-0.1, -0.05) is 48.5 Å². The minimum atomic E-state index is -0.350. The Labute approximate surface area is 116 Å². The van der Waals surface area contributed by atoms with Gasteiger partial charge in [0.15, 0.2) is 0 Å². The Morgan fingerprint density at radius 1 is 1.10 bits per heavy atom. The van der Waals surface area contributed by atoms with Crippen molar-refractivity contribution < 1.29 is 4.92 Å². The van der Waals surface area contributed by atoms with E-state index in [9.17, 15) is 10.1 Å². The fourth-order valence-corrected chi connectivity index (χ4v) is 2.38. The fourth-order valence-electron chi connectivity index (χ4n) is 2.38. The van der Waals surface area contributed by atoms with E-state index < -0.39 is 0 Å². The zero-order valence-electron chi connectivity index (χ0n) is 10.7. The first-order chi connectivity index (χ1) is 9.75. The third kappa shape index (κ3) is 2.25. The molecule has 0 amide bonds. The average molecular weight is 267 g/mol. The van der Waals surface area contributed by atoms with E-state index in [0.717, 1.165) is 11.3 Å². The van der Waals surface area contributed by atoms with Gasteiger partial charge in [0, 0.05) is 12.5 Å². The van der Waals surface area contributed by atoms with Crippen molar-refractivity contribution in [3.05, 3.63) is 75.8 Å². The van der Waals surface area contributed by atoms with Gasteiger partial charge >= 0.3 is 0 Å². The molecule has 0 bridgehead atoms. The monoisotopic (exact) mass is 267 g/mol. The second-order valence-corrected chi connectivity index (χ2v) is 4.63. The van der Waals surface area contributed by atoms with Crippen molar-refractivity contribution in [1.29, 1.82) is 0 Å². The molecule has 20 heavy (non-hydrogen) atoms. The summed E-state index contributed by atoms with van der Waals surface area (Å²) in [7, 11) is 0. The van der Waals surface area contributed by atoms with Gasteiger partial charge in [0.1, 0.15) is 0 Å². The van der Waals surface area contributed by atoms with Crippen LogP contribution in [-0.4, -0.2) is 10.6 Å². The largest absolute Gasteiger partial charge is 0.302 e. The molecule has 5 heteroatoms. The Balaban J connectivity index is 1.85. The van der Waals surface area contributed by atoms with Gasteiger partial charge in [-0.3, -0.25) is 10.1 Å². The summed E-state index contributed by atoms with van der Waals surface area (Å²) in [6.45, 7) is 0. The lowest BCUT2D eigenvalue weighted by Crippen LogP contribution is -2.12. The summed E-state index contributed by atoms with van der Waals surface area (Å²) in [5.74, 6) is 0. The predicted molar refractivity (Wildman–Crippen MR) is 76.6 cm³/mol. The summed E-state index contributed by atoms with van der Waals surface area (Å²) >= 11 is 0. The maximum atomic E-state index is 11.1. The molecule has 1 aliphatic heterocycles. The van der Waals surface area contributed by atoms with E-state index in [1.807, 2.05) is 36.4 Å². The van der Waals surface area contributed by atoms with Crippen molar-refractivity contribution in [2.45, 2.75) is 12.5 Å². The lowest BCUT2D eigenvalue weighted by atomic mass is 9.98. The summed E-state index contributed by atoms with van der Waals surface area (Å²) < 4.78 is 0. The van der Waals surface area contributed by atoms with Crippen LogP contribution in [0.2, 0.25) is 0 Å². The van der Waals surface area contributed by atoms with Gasteiger partial charge in [-0.2, -0.15) is 5.10 Å². The number of hydrogen-bond donors (Lipinski definition) is 1. The molecule has 1 unspecified atom stereocenters. The molecule has 2 aromatic rings. The van der Waals surface area contributed by atoms with Gasteiger partial charge in [-0.25, -0.2) is 0 Å². The molecular formula is C15H13N3O2. The average Bonchev–Trinajstić information content (AvgIpc) is 2.98. The predicted octanol–water partition coefficient (Wildman–Crippen LogP) is 3.03. The molecule has 0 aliphatic carbocycles. The molecule has 1 heterocycles. The molecule has 0 aromatic heterocycles. The molecule has 5 nitrogen and oxygen atoms in total. The third-order valence-corrected chi connectivity index (χ3v) is 3.37. The molecular weight excluding hydrogens is 254 g/mol. The summed E-state index contributed by atoms with van der Waals surface area (Å²) in [5, 5.41) is 15.4. The van der Waals surface area contributed by atoms with Crippen molar-refractivity contribution in [2.24, 2.45) is 5.10 Å². The highest BCUT2D eigenvalue weighted by molar-refractivity contribution is 6.01. The van der Waals surface area contributed by atoms with Crippen LogP contribution in [0.25, 0.3) is 0 Å². The normalized spacial score (nSPS) is 17.4. The fraction of sp³-hybridized carbons (Fsp3) is 0.133. The number of nitro groups is 1. The van der Waals surface area contributed by atoms with E-state index in [1.165, 1.54) is 6.07 Å². The highest BCUT2D eigenvalue weighted by Crippen LogP contribution is 2.30. The first kappa shape index (κ1) is 12.3. The molecule has 0 fully saturated rings. The molecule has 100 valence electrons. The third-order valence-electron chi connectivity index (χ3n) is 3.37. The van der Waals surface area contributed by atoms with Gasteiger partial charge in [-0.15, -0.1) is 0 Å². The Bertz CT molecular complexity index is 668. The quantitative estimate of drug-likeness (QED) is 0.686. The molecule has 1 atom stereocenters. The van der Waals surface area contributed by atoms with Crippen LogP contribution in [0.15, 0.2) is 59.7 Å². The zero-order chi connectivity index (χ0) is 13.9. The van der Waals surface area contributed by atoms with Gasteiger partial charge < -0.3 is 5.43 Å². The van der Waals surface area contributed by atoms with E-state index >= 15 is 0 Å². The van der Waals surface area contributed by atoms with Crippen LogP contribution in [0.5, 0.6) is 0 Å². The summed E-state index contributed by atoms with van der Waals surface area (Å²) in [5.41, 5.74) is 5.77. The summed E-state index contributed by atoms with van der Waals surface area (Å²) in [4.78, 5) is 10.7. The van der Waals surface area contributed by atoms with Crippen LogP contribution in [0.3, 0.4) is 0 Å². The second-order valence-electron chi connectivity index (χ2n) is 4.63. The maximum absolute atomic E-state index is 11.1. The van der Waals surface area contributed by atoms with Crippen molar-refractivity contribution in [1.82, 2.24) is 5.43 Å². The highest BCUT2D eigenvalue weighted by Gasteiger charge is 2.26. The van der Waals surface area contributed by atoms with Crippen LogP contribution in [-0.2, 0) is 0 Å². The smallest absolute Gasteiger partial charge is 0.274 e. The van der Waals surface area contributed by atoms with Gasteiger partial charge in [-0.05, 0) is 5.56 Å². The highest BCUT2D eigenvalue weighted by atomic mass is 16.6. The SMILES string of the molecule is O=[N+]([O-])c1ccccc1C1CC(c2ccccc2)=NN1. The topological polar surface area (TPSA) is 67.5 Å². The van der Waals surface area contributed by atoms with Crippen LogP contribution < -0.4 is 5.43 Å². The lowest BCUT2D eigenvalue weighted by molar-refractivity contribution is -0.385. The minimum Gasteiger partial charge on any atom is -0.302 e. The first-order valence-corrected chi connectivity index (χ1v) is 6.36. The standard InChI is InChI=1S/C15H13N3O2/c19-18(20)15-9-5-4-8-12(15)14-10-13(16-17-14)11-6-2-1-3-7-11/h1-9,14,17H,10H2. The summed E-state index contributed by atoms with van der Waals surface area (Å²) in [6, 6.07) is 16.5. The van der Waals surface area contributed by atoms with Gasteiger partial charge in [0.25, 0.3) is 5.69 Å². The van der Waals surface area contributed by atoms with Gasteiger partial charge in [0.2, 0.25) is 0 Å². The zero-order valence-corrected chi connectivity index (χ0v) is 10.7. The number of rotatable bonds is 3. The molecule has 1 N–H and O–H groups in total. The van der Waals surface area contributed by atoms with Crippen LogP contribution in [0, 0.1) is 10.1 Å². The number of nitrogens with one attached hydrogen (secondary N) is 1. The molecule has 3 rings (SSSR count). The number of nitro benzene ring substituents is 1. The second kappa shape index (κ2) is 5.13. The molecule has 0 spiro atoms. The van der Waals surface area contributed by atoms with Crippen LogP contribution in [0.4, 0.5) is 5.69 Å². The van der Waals surface area contributed by atoms with Crippen molar-refractivity contribution in [3.63, 3.8) is 0 Å². The molecule has 1 aliphatic rings. The van der Waals surface area contributed by atoms with Crippen LogP contribution >= 0.6 is 0 Å². The number of para-hydroxylation sites is 1. The van der Waals surface area contributed by atoms with E-state index in [1.54, 1.807) is 12.1 Å². The van der Waals surface area contributed by atoms with Crippen molar-refractivity contribution >= 4 is 11.4 Å². The van der Waals surface area contributed by atoms with E-state index in [-0.39, 0.29) is 16.7 Å². The first-order valence-electron chi connectivity index (χ1n) is 6.36. The Morgan fingerprint density at radius 3 is 2.55 bits per heavy atom. The van der Waals surface area contributed by atoms with Gasteiger partial charge in [0.05, 0.1) is 22.2 Å². The number of hydrogen-bond acceptors (Lipinski definition) is 4. The number of benzene rings is 2. The minimum absolute atomic E-state index is 0.134. The van der Waals surface area contributed by atoms with Crippen LogP contribution in [0.1, 0.15) is 23.6 Å².